The number of rotatable bonds is 9. The Morgan fingerprint density at radius 1 is 1.12 bits per heavy atom. The van der Waals surface area contributed by atoms with Gasteiger partial charge >= 0.3 is 5.97 Å². The summed E-state index contributed by atoms with van der Waals surface area (Å²) in [6.07, 6.45) is 2.73. The van der Waals surface area contributed by atoms with Crippen molar-refractivity contribution in [2.45, 2.75) is 38.5 Å². The summed E-state index contributed by atoms with van der Waals surface area (Å²) >= 11 is 0. The lowest BCUT2D eigenvalue weighted by Gasteiger charge is -2.21. The lowest BCUT2D eigenvalue weighted by atomic mass is 10.2. The van der Waals surface area contributed by atoms with Gasteiger partial charge in [-0.25, -0.2) is 18.2 Å². The van der Waals surface area contributed by atoms with Crippen molar-refractivity contribution in [1.29, 1.82) is 0 Å². The first-order chi connectivity index (χ1) is 12.4. The van der Waals surface area contributed by atoms with Crippen LogP contribution in [-0.4, -0.2) is 43.4 Å². The summed E-state index contributed by atoms with van der Waals surface area (Å²) in [5.74, 6) is -0.326. The zero-order chi connectivity index (χ0) is 19.2. The van der Waals surface area contributed by atoms with Crippen LogP contribution in [0.5, 0.6) is 0 Å². The third-order valence-electron chi connectivity index (χ3n) is 3.67. The highest BCUT2D eigenvalue weighted by molar-refractivity contribution is 7.89. The minimum Gasteiger partial charge on any atom is -0.461 e. The summed E-state index contributed by atoms with van der Waals surface area (Å²) in [5, 5.41) is 0. The summed E-state index contributed by atoms with van der Waals surface area (Å²) in [4.78, 5) is 15.9. The van der Waals surface area contributed by atoms with E-state index in [0.717, 1.165) is 12.8 Å². The number of benzene rings is 1. The van der Waals surface area contributed by atoms with Gasteiger partial charge in [-0.1, -0.05) is 13.8 Å². The standard InChI is InChI=1S/C18H24N2O5S/c1-4-11-20(12-5-2)26(22,23)15-9-7-14(8-10-15)17-19-16(13-25-17)18(21)24-6-3/h7-10,13H,4-6,11-12H2,1-3H3. The van der Waals surface area contributed by atoms with Crippen LogP contribution < -0.4 is 0 Å². The largest absolute Gasteiger partial charge is 0.461 e. The van der Waals surface area contributed by atoms with Crippen LogP contribution in [-0.2, 0) is 14.8 Å². The molecule has 0 saturated carbocycles. The zero-order valence-electron chi connectivity index (χ0n) is 15.3. The topological polar surface area (TPSA) is 89.7 Å². The van der Waals surface area contributed by atoms with Gasteiger partial charge < -0.3 is 9.15 Å². The highest BCUT2D eigenvalue weighted by Gasteiger charge is 2.23. The molecular formula is C18H24N2O5S. The molecule has 8 heteroatoms. The van der Waals surface area contributed by atoms with Gasteiger partial charge in [0.25, 0.3) is 0 Å². The Kier molecular flexibility index (Phi) is 6.93. The summed E-state index contributed by atoms with van der Waals surface area (Å²) in [6.45, 7) is 6.83. The average molecular weight is 380 g/mol. The molecule has 0 aliphatic carbocycles. The summed E-state index contributed by atoms with van der Waals surface area (Å²) in [6, 6.07) is 6.28. The van der Waals surface area contributed by atoms with E-state index in [-0.39, 0.29) is 23.1 Å². The van der Waals surface area contributed by atoms with Crippen molar-refractivity contribution in [3.8, 4) is 11.5 Å². The van der Waals surface area contributed by atoms with Crippen LogP contribution in [0.1, 0.15) is 44.1 Å². The molecule has 0 N–H and O–H groups in total. The van der Waals surface area contributed by atoms with E-state index < -0.39 is 16.0 Å². The van der Waals surface area contributed by atoms with Crippen molar-refractivity contribution >= 4 is 16.0 Å². The summed E-state index contributed by atoms with van der Waals surface area (Å²) in [5.41, 5.74) is 0.660. The lowest BCUT2D eigenvalue weighted by molar-refractivity contribution is 0.0519. The van der Waals surface area contributed by atoms with Gasteiger partial charge in [-0.15, -0.1) is 0 Å². The second-order valence-electron chi connectivity index (χ2n) is 5.69. The number of carbonyl (C=O) groups excluding carboxylic acids is 1. The number of hydrogen-bond donors (Lipinski definition) is 0. The molecule has 0 spiro atoms. The number of esters is 1. The Morgan fingerprint density at radius 2 is 1.73 bits per heavy atom. The van der Waals surface area contributed by atoms with E-state index in [1.807, 2.05) is 13.8 Å². The molecule has 0 aliphatic heterocycles. The molecule has 0 aliphatic rings. The molecule has 2 aromatic rings. The van der Waals surface area contributed by atoms with Gasteiger partial charge in [0.15, 0.2) is 5.69 Å². The second kappa shape index (κ2) is 8.95. The van der Waals surface area contributed by atoms with Crippen molar-refractivity contribution in [2.75, 3.05) is 19.7 Å². The Hall–Kier alpha value is -2.19. The quantitative estimate of drug-likeness (QED) is 0.620. The number of nitrogens with zero attached hydrogens (tertiary/aromatic N) is 2. The van der Waals surface area contributed by atoms with Crippen LogP contribution in [0.25, 0.3) is 11.5 Å². The number of carbonyl (C=O) groups is 1. The van der Waals surface area contributed by atoms with Gasteiger partial charge in [-0.05, 0) is 44.0 Å². The fourth-order valence-electron chi connectivity index (χ4n) is 2.47. The third-order valence-corrected chi connectivity index (χ3v) is 5.59. The molecule has 0 atom stereocenters. The van der Waals surface area contributed by atoms with Crippen LogP contribution in [0.2, 0.25) is 0 Å². The van der Waals surface area contributed by atoms with Crippen molar-refractivity contribution in [3.63, 3.8) is 0 Å². The molecule has 0 bridgehead atoms. The Morgan fingerprint density at radius 3 is 2.27 bits per heavy atom. The van der Waals surface area contributed by atoms with Crippen LogP contribution in [0, 0.1) is 0 Å². The monoisotopic (exact) mass is 380 g/mol. The summed E-state index contributed by atoms with van der Waals surface area (Å²) in [7, 11) is -3.53. The normalized spacial score (nSPS) is 11.7. The van der Waals surface area contributed by atoms with Crippen molar-refractivity contribution < 1.29 is 22.4 Å². The van der Waals surface area contributed by atoms with Gasteiger partial charge in [-0.3, -0.25) is 0 Å². The van der Waals surface area contributed by atoms with E-state index in [4.69, 9.17) is 9.15 Å². The van der Waals surface area contributed by atoms with Crippen LogP contribution in [0.3, 0.4) is 0 Å². The van der Waals surface area contributed by atoms with Crippen molar-refractivity contribution in [1.82, 2.24) is 9.29 Å². The molecule has 142 valence electrons. The van der Waals surface area contributed by atoms with Crippen molar-refractivity contribution in [3.05, 3.63) is 36.2 Å². The fourth-order valence-corrected chi connectivity index (χ4v) is 4.10. The second-order valence-corrected chi connectivity index (χ2v) is 7.62. The fraction of sp³-hybridized carbons (Fsp3) is 0.444. The first-order valence-corrected chi connectivity index (χ1v) is 10.1. The van der Waals surface area contributed by atoms with Crippen LogP contribution in [0.15, 0.2) is 39.8 Å². The number of hydrogen-bond acceptors (Lipinski definition) is 6. The smallest absolute Gasteiger partial charge is 0.360 e. The van der Waals surface area contributed by atoms with E-state index >= 15 is 0 Å². The molecule has 1 aromatic heterocycles. The van der Waals surface area contributed by atoms with Crippen molar-refractivity contribution in [2.24, 2.45) is 0 Å². The molecular weight excluding hydrogens is 356 g/mol. The Bertz CT molecular complexity index is 822. The van der Waals surface area contributed by atoms with E-state index in [2.05, 4.69) is 4.98 Å². The van der Waals surface area contributed by atoms with Gasteiger partial charge in [0.1, 0.15) is 6.26 Å². The average Bonchev–Trinajstić information content (AvgIpc) is 3.12. The van der Waals surface area contributed by atoms with E-state index in [1.54, 1.807) is 19.1 Å². The van der Waals surface area contributed by atoms with E-state index in [0.29, 0.717) is 18.7 Å². The molecule has 0 fully saturated rings. The maximum Gasteiger partial charge on any atom is 0.360 e. The van der Waals surface area contributed by atoms with Gasteiger partial charge in [-0.2, -0.15) is 4.31 Å². The molecule has 0 amide bonds. The molecule has 26 heavy (non-hydrogen) atoms. The number of oxazole rings is 1. The Labute approximate surface area is 154 Å². The number of ether oxygens (including phenoxy) is 1. The van der Waals surface area contributed by atoms with Crippen LogP contribution >= 0.6 is 0 Å². The first-order valence-electron chi connectivity index (χ1n) is 8.67. The molecule has 1 heterocycles. The maximum atomic E-state index is 12.8. The third kappa shape index (κ3) is 4.50. The van der Waals surface area contributed by atoms with Crippen LogP contribution in [0.4, 0.5) is 0 Å². The molecule has 0 saturated heterocycles. The minimum atomic E-state index is -3.53. The molecule has 2 rings (SSSR count). The first kappa shape index (κ1) is 20.1. The number of aromatic nitrogens is 1. The highest BCUT2D eigenvalue weighted by Crippen LogP contribution is 2.23. The molecule has 0 radical (unpaired) electrons. The Balaban J connectivity index is 2.23. The van der Waals surface area contributed by atoms with E-state index in [9.17, 15) is 13.2 Å². The predicted molar refractivity (Wildman–Crippen MR) is 97.2 cm³/mol. The zero-order valence-corrected chi connectivity index (χ0v) is 16.1. The molecule has 0 unspecified atom stereocenters. The maximum absolute atomic E-state index is 12.8. The lowest BCUT2D eigenvalue weighted by Crippen LogP contribution is -2.32. The van der Waals surface area contributed by atoms with Gasteiger partial charge in [0.2, 0.25) is 15.9 Å². The van der Waals surface area contributed by atoms with Gasteiger partial charge in [0, 0.05) is 18.7 Å². The molecule has 7 nitrogen and oxygen atoms in total. The SMILES string of the molecule is CCCN(CCC)S(=O)(=O)c1ccc(-c2nc(C(=O)OCC)co2)cc1. The summed E-state index contributed by atoms with van der Waals surface area (Å²) < 4.78 is 37.2. The molecule has 1 aromatic carbocycles. The predicted octanol–water partition coefficient (Wildman–Crippen LogP) is 3.33. The van der Waals surface area contributed by atoms with Gasteiger partial charge in [0.05, 0.1) is 11.5 Å². The van der Waals surface area contributed by atoms with E-state index in [1.165, 1.54) is 22.7 Å². The minimum absolute atomic E-state index is 0.0793. The highest BCUT2D eigenvalue weighted by atomic mass is 32.2. The number of sulfonamides is 1.